The molecule has 0 atom stereocenters. The second-order valence-electron chi connectivity index (χ2n) is 2.35. The molecule has 1 amide bonds. The Bertz CT molecular complexity index is 104. The molecule has 3 heteroatoms. The lowest BCUT2D eigenvalue weighted by atomic mass is 10.4. The van der Waals surface area contributed by atoms with Crippen LogP contribution in [0.5, 0.6) is 0 Å². The fourth-order valence-corrected chi connectivity index (χ4v) is 0.553. The molecule has 0 bridgehead atoms. The monoisotopic (exact) mass is 158 g/mol. The summed E-state index contributed by atoms with van der Waals surface area (Å²) in [5.41, 5.74) is 0. The molecule has 0 heterocycles. The first-order chi connectivity index (χ1) is 5.31. The second-order valence-corrected chi connectivity index (χ2v) is 2.35. The van der Waals surface area contributed by atoms with Gasteiger partial charge in [-0.05, 0) is 12.8 Å². The van der Waals surface area contributed by atoms with Crippen LogP contribution in [0.2, 0.25) is 0 Å². The van der Waals surface area contributed by atoms with Gasteiger partial charge in [-0.2, -0.15) is 0 Å². The lowest BCUT2D eigenvalue weighted by molar-refractivity contribution is 0.143. The Morgan fingerprint density at radius 1 is 1.36 bits per heavy atom. The van der Waals surface area contributed by atoms with Crippen LogP contribution in [0, 0.1) is 0 Å². The van der Waals surface area contributed by atoms with E-state index in [4.69, 9.17) is 4.74 Å². The maximum Gasteiger partial charge on any atom is 0.428 e. The van der Waals surface area contributed by atoms with E-state index in [1.807, 2.05) is 6.92 Å². The first-order valence-electron chi connectivity index (χ1n) is 4.15. The number of amides is 1. The summed E-state index contributed by atoms with van der Waals surface area (Å²) in [6.45, 7) is 5.10. The fourth-order valence-electron chi connectivity index (χ4n) is 0.553. The zero-order chi connectivity index (χ0) is 8.53. The molecular weight excluding hydrogens is 142 g/mol. The van der Waals surface area contributed by atoms with Crippen LogP contribution in [0.15, 0.2) is 0 Å². The Morgan fingerprint density at radius 3 is 2.64 bits per heavy atom. The van der Waals surface area contributed by atoms with Crippen molar-refractivity contribution in [2.24, 2.45) is 0 Å². The molecule has 11 heavy (non-hydrogen) atoms. The van der Waals surface area contributed by atoms with Crippen LogP contribution < -0.4 is 5.32 Å². The van der Waals surface area contributed by atoms with Crippen molar-refractivity contribution in [1.82, 2.24) is 5.32 Å². The number of hydrogen-bond acceptors (Lipinski definition) is 2. The number of nitrogens with zero attached hydrogens (tertiary/aromatic N) is 1. The van der Waals surface area contributed by atoms with Crippen molar-refractivity contribution in [3.63, 3.8) is 0 Å². The molecule has 0 aliphatic heterocycles. The van der Waals surface area contributed by atoms with E-state index in [0.29, 0.717) is 13.2 Å². The van der Waals surface area contributed by atoms with Gasteiger partial charge in [-0.1, -0.05) is 20.3 Å². The van der Waals surface area contributed by atoms with Crippen molar-refractivity contribution < 1.29 is 9.53 Å². The summed E-state index contributed by atoms with van der Waals surface area (Å²) >= 11 is 0. The Hall–Kier alpha value is -0.730. The minimum absolute atomic E-state index is 0.416. The summed E-state index contributed by atoms with van der Waals surface area (Å²) in [4.78, 5) is 10.7. The highest BCUT2D eigenvalue weighted by atomic mass is 16.5. The van der Waals surface area contributed by atoms with E-state index in [9.17, 15) is 4.79 Å². The number of unbranched alkanes of at least 4 members (excludes halogenated alkanes) is 1. The molecular formula is C8H16NO2. The van der Waals surface area contributed by atoms with Crippen molar-refractivity contribution in [2.75, 3.05) is 13.2 Å². The SMILES string of the molecule is CCCCOC(=O)[N]CCC. The molecule has 0 rings (SSSR count). The Morgan fingerprint density at radius 2 is 2.09 bits per heavy atom. The Labute approximate surface area is 68.1 Å². The molecule has 0 N–H and O–H groups in total. The molecule has 65 valence electrons. The van der Waals surface area contributed by atoms with Gasteiger partial charge in [0.1, 0.15) is 0 Å². The van der Waals surface area contributed by atoms with Gasteiger partial charge in [0.2, 0.25) is 0 Å². The van der Waals surface area contributed by atoms with E-state index in [1.165, 1.54) is 0 Å². The average Bonchev–Trinajstić information content (AvgIpc) is 2.01. The molecule has 0 aromatic carbocycles. The lowest BCUT2D eigenvalue weighted by Crippen LogP contribution is -2.18. The van der Waals surface area contributed by atoms with E-state index in [2.05, 4.69) is 12.2 Å². The number of rotatable bonds is 5. The molecule has 0 unspecified atom stereocenters. The molecule has 1 radical (unpaired) electrons. The van der Waals surface area contributed by atoms with Gasteiger partial charge in [-0.3, -0.25) is 0 Å². The van der Waals surface area contributed by atoms with Crippen LogP contribution >= 0.6 is 0 Å². The average molecular weight is 158 g/mol. The fraction of sp³-hybridized carbons (Fsp3) is 0.875. The van der Waals surface area contributed by atoms with Crippen LogP contribution in [0.1, 0.15) is 33.1 Å². The molecule has 0 aromatic heterocycles. The number of carbonyl (C=O) groups excluding carboxylic acids is 1. The third-order valence-corrected chi connectivity index (χ3v) is 1.19. The largest absolute Gasteiger partial charge is 0.448 e. The third kappa shape index (κ3) is 7.16. The zero-order valence-electron chi connectivity index (χ0n) is 7.30. The normalized spacial score (nSPS) is 9.27. The molecule has 0 saturated carbocycles. The van der Waals surface area contributed by atoms with Crippen LogP contribution in [-0.2, 0) is 4.74 Å². The molecule has 3 nitrogen and oxygen atoms in total. The second kappa shape index (κ2) is 7.38. The van der Waals surface area contributed by atoms with Crippen molar-refractivity contribution >= 4 is 6.09 Å². The summed E-state index contributed by atoms with van der Waals surface area (Å²) in [7, 11) is 0. The summed E-state index contributed by atoms with van der Waals surface area (Å²) in [6.07, 6.45) is 2.44. The third-order valence-electron chi connectivity index (χ3n) is 1.19. The quantitative estimate of drug-likeness (QED) is 0.573. The molecule has 0 spiro atoms. The van der Waals surface area contributed by atoms with Gasteiger partial charge in [-0.25, -0.2) is 10.1 Å². The van der Waals surface area contributed by atoms with Gasteiger partial charge in [0, 0.05) is 6.54 Å². The maximum atomic E-state index is 10.7. The maximum absolute atomic E-state index is 10.7. The molecule has 0 aliphatic carbocycles. The van der Waals surface area contributed by atoms with Crippen molar-refractivity contribution in [2.45, 2.75) is 33.1 Å². The molecule has 0 aromatic rings. The van der Waals surface area contributed by atoms with E-state index in [0.717, 1.165) is 19.3 Å². The highest BCUT2D eigenvalue weighted by molar-refractivity contribution is 5.66. The van der Waals surface area contributed by atoms with E-state index in [-0.39, 0.29) is 0 Å². The summed E-state index contributed by atoms with van der Waals surface area (Å²) in [5, 5.41) is 3.65. The zero-order valence-corrected chi connectivity index (χ0v) is 7.30. The summed E-state index contributed by atoms with van der Waals surface area (Å²) in [6, 6.07) is 0. The highest BCUT2D eigenvalue weighted by Gasteiger charge is 1.99. The molecule has 0 fully saturated rings. The summed E-state index contributed by atoms with van der Waals surface area (Å²) < 4.78 is 4.78. The van der Waals surface area contributed by atoms with Crippen molar-refractivity contribution in [1.29, 1.82) is 0 Å². The predicted octanol–water partition coefficient (Wildman–Crippen LogP) is 1.94. The van der Waals surface area contributed by atoms with E-state index < -0.39 is 6.09 Å². The van der Waals surface area contributed by atoms with Gasteiger partial charge in [0.05, 0.1) is 6.61 Å². The van der Waals surface area contributed by atoms with Crippen LogP contribution in [0.25, 0.3) is 0 Å². The first kappa shape index (κ1) is 10.3. The minimum Gasteiger partial charge on any atom is -0.448 e. The molecule has 0 aliphatic rings. The van der Waals surface area contributed by atoms with Gasteiger partial charge in [-0.15, -0.1) is 0 Å². The van der Waals surface area contributed by atoms with Crippen molar-refractivity contribution in [3.05, 3.63) is 0 Å². The lowest BCUT2D eigenvalue weighted by Gasteiger charge is -2.01. The number of carbonyl (C=O) groups is 1. The number of hydrogen-bond donors (Lipinski definition) is 0. The van der Waals surface area contributed by atoms with Crippen LogP contribution in [0.4, 0.5) is 4.79 Å². The van der Waals surface area contributed by atoms with Crippen LogP contribution in [-0.4, -0.2) is 19.2 Å². The smallest absolute Gasteiger partial charge is 0.428 e. The topological polar surface area (TPSA) is 40.4 Å². The van der Waals surface area contributed by atoms with E-state index >= 15 is 0 Å². The van der Waals surface area contributed by atoms with Gasteiger partial charge < -0.3 is 4.74 Å². The Kier molecular flexibility index (Phi) is 6.89. The van der Waals surface area contributed by atoms with Gasteiger partial charge >= 0.3 is 6.09 Å². The standard InChI is InChI=1S/C8H16NO2/c1-3-5-7-11-8(10)9-6-4-2/h3-7H2,1-2H3. The van der Waals surface area contributed by atoms with Crippen molar-refractivity contribution in [3.8, 4) is 0 Å². The van der Waals surface area contributed by atoms with Gasteiger partial charge in [0.15, 0.2) is 0 Å². The number of ether oxygens (including phenoxy) is 1. The van der Waals surface area contributed by atoms with E-state index in [1.54, 1.807) is 0 Å². The highest BCUT2D eigenvalue weighted by Crippen LogP contribution is 1.88. The summed E-state index contributed by atoms with van der Waals surface area (Å²) in [5.74, 6) is 0. The Balaban J connectivity index is 3.09. The first-order valence-corrected chi connectivity index (χ1v) is 4.15. The van der Waals surface area contributed by atoms with Crippen LogP contribution in [0.3, 0.4) is 0 Å². The molecule has 0 saturated heterocycles. The minimum atomic E-state index is -0.416. The predicted molar refractivity (Wildman–Crippen MR) is 43.5 cm³/mol. The van der Waals surface area contributed by atoms with Gasteiger partial charge in [0.25, 0.3) is 0 Å².